The van der Waals surface area contributed by atoms with E-state index in [-0.39, 0.29) is 25.0 Å². The first kappa shape index (κ1) is 27.3. The van der Waals surface area contributed by atoms with Gasteiger partial charge in [0.1, 0.15) is 23.2 Å². The fraction of sp³-hybridized carbons (Fsp3) is 0.750. The van der Waals surface area contributed by atoms with E-state index in [1.54, 1.807) is 4.90 Å². The maximum absolute atomic E-state index is 14.4. The van der Waals surface area contributed by atoms with Gasteiger partial charge in [0, 0.05) is 32.7 Å². The molecule has 0 aliphatic carbocycles. The number of aliphatic hydroxyl groups excluding tert-OH is 1. The van der Waals surface area contributed by atoms with Crippen LogP contribution in [0.5, 0.6) is 0 Å². The molecule has 3 fully saturated rings. The summed E-state index contributed by atoms with van der Waals surface area (Å²) in [4.78, 5) is 47.8. The third-order valence-electron chi connectivity index (χ3n) is 9.02. The number of morpholine rings is 1. The lowest BCUT2D eigenvalue weighted by Crippen LogP contribution is -2.59. The normalized spacial score (nSPS) is 37.4. The van der Waals surface area contributed by atoms with Crippen LogP contribution in [0.15, 0.2) is 24.3 Å². The Morgan fingerprint density at radius 3 is 2.53 bits per heavy atom. The van der Waals surface area contributed by atoms with Crippen LogP contribution in [0.1, 0.15) is 39.5 Å². The Morgan fingerprint density at radius 1 is 1.03 bits per heavy atom. The zero-order valence-corrected chi connectivity index (χ0v) is 22.5. The number of amides is 2. The SMILES string of the molecule is CC[C@@H](CO)N1C(=O)[C@@H]2[C@H]3C(=O)OCCC/C=C\[C@@]3(CC)O[C@@]23C=CCN(CCN2CCOCC2)C(=O)C13. The molecule has 5 aliphatic heterocycles. The minimum Gasteiger partial charge on any atom is -0.465 e. The number of carbonyl (C=O) groups excluding carboxylic acids is 3. The molecule has 1 N–H and O–H groups in total. The second-order valence-electron chi connectivity index (χ2n) is 11.0. The molecule has 10 nitrogen and oxygen atoms in total. The number of aliphatic hydroxyl groups is 1. The molecule has 0 radical (unpaired) electrons. The number of fused-ring (bicyclic) bond motifs is 2. The van der Waals surface area contributed by atoms with Gasteiger partial charge < -0.3 is 29.1 Å². The zero-order valence-electron chi connectivity index (χ0n) is 22.5. The third kappa shape index (κ3) is 4.39. The molecule has 0 aromatic carbocycles. The van der Waals surface area contributed by atoms with Crippen molar-refractivity contribution in [2.24, 2.45) is 11.8 Å². The number of cyclic esters (lactones) is 1. The highest BCUT2D eigenvalue weighted by atomic mass is 16.6. The van der Waals surface area contributed by atoms with Crippen molar-refractivity contribution in [1.29, 1.82) is 0 Å². The summed E-state index contributed by atoms with van der Waals surface area (Å²) < 4.78 is 18.0. The van der Waals surface area contributed by atoms with E-state index in [2.05, 4.69) is 4.90 Å². The first-order valence-corrected chi connectivity index (χ1v) is 14.2. The van der Waals surface area contributed by atoms with E-state index in [0.717, 1.165) is 19.5 Å². The number of esters is 1. The second-order valence-corrected chi connectivity index (χ2v) is 11.0. The van der Waals surface area contributed by atoms with Crippen LogP contribution in [0.2, 0.25) is 0 Å². The van der Waals surface area contributed by atoms with Gasteiger partial charge in [0.2, 0.25) is 11.8 Å². The first-order chi connectivity index (χ1) is 18.4. The van der Waals surface area contributed by atoms with Crippen LogP contribution in [-0.4, -0.2) is 120 Å². The van der Waals surface area contributed by atoms with Crippen molar-refractivity contribution in [1.82, 2.24) is 14.7 Å². The van der Waals surface area contributed by atoms with E-state index in [4.69, 9.17) is 14.2 Å². The van der Waals surface area contributed by atoms with E-state index in [0.29, 0.717) is 52.1 Å². The van der Waals surface area contributed by atoms with Crippen LogP contribution in [0.3, 0.4) is 0 Å². The first-order valence-electron chi connectivity index (χ1n) is 14.2. The van der Waals surface area contributed by atoms with Crippen LogP contribution in [0.25, 0.3) is 0 Å². The highest BCUT2D eigenvalue weighted by Gasteiger charge is 2.75. The van der Waals surface area contributed by atoms with E-state index in [9.17, 15) is 19.5 Å². The molecule has 1 spiro atoms. The van der Waals surface area contributed by atoms with Gasteiger partial charge >= 0.3 is 5.97 Å². The number of rotatable bonds is 7. The van der Waals surface area contributed by atoms with Gasteiger partial charge in [-0.25, -0.2) is 0 Å². The van der Waals surface area contributed by atoms with Crippen molar-refractivity contribution in [2.75, 3.05) is 59.2 Å². The summed E-state index contributed by atoms with van der Waals surface area (Å²) in [6.07, 6.45) is 10.1. The van der Waals surface area contributed by atoms with Crippen molar-refractivity contribution in [3.05, 3.63) is 24.3 Å². The molecule has 6 atom stereocenters. The Labute approximate surface area is 224 Å². The van der Waals surface area contributed by atoms with E-state index in [1.165, 1.54) is 4.90 Å². The molecule has 5 heterocycles. The van der Waals surface area contributed by atoms with Gasteiger partial charge in [0.25, 0.3) is 0 Å². The Balaban J connectivity index is 1.56. The van der Waals surface area contributed by atoms with Crippen molar-refractivity contribution < 1.29 is 33.7 Å². The third-order valence-corrected chi connectivity index (χ3v) is 9.02. The minimum absolute atomic E-state index is 0.207. The fourth-order valence-corrected chi connectivity index (χ4v) is 6.96. The minimum atomic E-state index is -1.33. The molecule has 0 aromatic heterocycles. The lowest BCUT2D eigenvalue weighted by Gasteiger charge is -2.41. The van der Waals surface area contributed by atoms with E-state index in [1.807, 2.05) is 38.2 Å². The number of ether oxygens (including phenoxy) is 3. The predicted octanol–water partition coefficient (Wildman–Crippen LogP) is 0.742. The number of likely N-dealkylation sites (tertiary alicyclic amines) is 1. The lowest BCUT2D eigenvalue weighted by atomic mass is 9.73. The van der Waals surface area contributed by atoms with Crippen molar-refractivity contribution in [2.45, 2.75) is 62.8 Å². The highest BCUT2D eigenvalue weighted by molar-refractivity contribution is 5.99. The van der Waals surface area contributed by atoms with Crippen molar-refractivity contribution in [3.63, 3.8) is 0 Å². The molecule has 0 aromatic rings. The van der Waals surface area contributed by atoms with E-state index >= 15 is 0 Å². The predicted molar refractivity (Wildman–Crippen MR) is 138 cm³/mol. The summed E-state index contributed by atoms with van der Waals surface area (Å²) in [7, 11) is 0. The summed E-state index contributed by atoms with van der Waals surface area (Å²) in [5.41, 5.74) is -2.38. The van der Waals surface area contributed by atoms with Crippen LogP contribution in [-0.2, 0) is 28.6 Å². The Kier molecular flexibility index (Phi) is 7.96. The summed E-state index contributed by atoms with van der Waals surface area (Å²) in [6, 6.07) is -1.53. The molecule has 5 aliphatic rings. The Morgan fingerprint density at radius 2 is 1.82 bits per heavy atom. The number of carbonyl (C=O) groups is 3. The summed E-state index contributed by atoms with van der Waals surface area (Å²) in [5.74, 6) is -2.78. The van der Waals surface area contributed by atoms with Gasteiger partial charge in [0.15, 0.2) is 0 Å². The van der Waals surface area contributed by atoms with Gasteiger partial charge in [-0.2, -0.15) is 0 Å². The standard InChI is InChI=1S/C28H41N3O7/c1-3-20(19-32)31-23-25(34)30(13-12-29-14-17-36-18-15-29)11-8-10-28(23)21(24(31)33)22-26(35)37-16-7-5-6-9-27(22,4-2)38-28/h6,8-10,20-23,32H,3-5,7,11-19H2,1-2H3/b9-6-/t20-,21-,22-,23?,27+,28-/m0/s1. The monoisotopic (exact) mass is 531 g/mol. The molecule has 2 amide bonds. The molecule has 0 bridgehead atoms. The Bertz CT molecular complexity index is 975. The molecular formula is C28H41N3O7. The topological polar surface area (TPSA) is 109 Å². The zero-order chi connectivity index (χ0) is 26.9. The maximum atomic E-state index is 14.4. The molecule has 0 saturated carbocycles. The smallest absolute Gasteiger partial charge is 0.313 e. The quantitative estimate of drug-likeness (QED) is 0.379. The van der Waals surface area contributed by atoms with Crippen molar-refractivity contribution >= 4 is 17.8 Å². The average molecular weight is 532 g/mol. The average Bonchev–Trinajstić information content (AvgIpc) is 3.31. The highest BCUT2D eigenvalue weighted by Crippen LogP contribution is 2.58. The van der Waals surface area contributed by atoms with Gasteiger partial charge in [-0.15, -0.1) is 0 Å². The molecule has 1 unspecified atom stereocenters. The van der Waals surface area contributed by atoms with E-state index < -0.39 is 41.1 Å². The number of hydrogen-bond donors (Lipinski definition) is 1. The molecule has 3 saturated heterocycles. The number of hydrogen-bond acceptors (Lipinski definition) is 8. The molecule has 210 valence electrons. The van der Waals surface area contributed by atoms with Gasteiger partial charge in [-0.1, -0.05) is 38.2 Å². The molecular weight excluding hydrogens is 490 g/mol. The fourth-order valence-electron chi connectivity index (χ4n) is 6.96. The van der Waals surface area contributed by atoms with Crippen LogP contribution in [0, 0.1) is 11.8 Å². The van der Waals surface area contributed by atoms with Gasteiger partial charge in [-0.05, 0) is 25.7 Å². The summed E-state index contributed by atoms with van der Waals surface area (Å²) in [6.45, 7) is 8.41. The van der Waals surface area contributed by atoms with Crippen LogP contribution in [0.4, 0.5) is 0 Å². The summed E-state index contributed by atoms with van der Waals surface area (Å²) in [5, 5.41) is 10.3. The number of allylic oxidation sites excluding steroid dienone is 1. The molecule has 10 heteroatoms. The molecule has 5 rings (SSSR count). The molecule has 38 heavy (non-hydrogen) atoms. The maximum Gasteiger partial charge on any atom is 0.313 e. The lowest BCUT2D eigenvalue weighted by molar-refractivity contribution is -0.163. The summed E-state index contributed by atoms with van der Waals surface area (Å²) >= 11 is 0. The van der Waals surface area contributed by atoms with Crippen LogP contribution < -0.4 is 0 Å². The number of nitrogens with zero attached hydrogens (tertiary/aromatic N) is 3. The second kappa shape index (κ2) is 11.1. The largest absolute Gasteiger partial charge is 0.465 e. The van der Waals surface area contributed by atoms with Crippen LogP contribution >= 0.6 is 0 Å². The van der Waals surface area contributed by atoms with Crippen molar-refractivity contribution in [3.8, 4) is 0 Å². The Hall–Kier alpha value is -2.27. The van der Waals surface area contributed by atoms with Gasteiger partial charge in [0.05, 0.1) is 38.4 Å². The van der Waals surface area contributed by atoms with Gasteiger partial charge in [-0.3, -0.25) is 19.3 Å².